The van der Waals surface area contributed by atoms with E-state index in [0.717, 1.165) is 25.7 Å². The summed E-state index contributed by atoms with van der Waals surface area (Å²) >= 11 is 0. The molecule has 0 spiro atoms. The van der Waals surface area contributed by atoms with Crippen molar-refractivity contribution in [3.63, 3.8) is 0 Å². The highest BCUT2D eigenvalue weighted by Gasteiger charge is 2.47. The average molecular weight is 363 g/mol. The Morgan fingerprint density at radius 2 is 2.00 bits per heavy atom. The molecule has 6 nitrogen and oxygen atoms in total. The summed E-state index contributed by atoms with van der Waals surface area (Å²) in [6.07, 6.45) is 3.86. The van der Waals surface area contributed by atoms with Crippen LogP contribution in [0.1, 0.15) is 56.8 Å². The number of nitrogens with one attached hydrogen (secondary N) is 1. The van der Waals surface area contributed by atoms with Crippen LogP contribution in [0.2, 0.25) is 0 Å². The number of rotatable bonds is 10. The minimum Gasteiger partial charge on any atom is -0.493 e. The van der Waals surface area contributed by atoms with Crippen LogP contribution in [0.3, 0.4) is 0 Å². The normalized spacial score (nSPS) is 15.8. The summed E-state index contributed by atoms with van der Waals surface area (Å²) in [4.78, 5) is 24.9. The van der Waals surface area contributed by atoms with Gasteiger partial charge in [-0.25, -0.2) is 4.79 Å². The van der Waals surface area contributed by atoms with E-state index >= 15 is 0 Å². The van der Waals surface area contributed by atoms with Crippen LogP contribution in [-0.4, -0.2) is 37.8 Å². The Bertz CT molecular complexity index is 641. The average Bonchev–Trinajstić information content (AvgIpc) is 3.48. The third kappa shape index (κ3) is 4.75. The van der Waals surface area contributed by atoms with Crippen LogP contribution >= 0.6 is 0 Å². The van der Waals surface area contributed by atoms with Crippen LogP contribution in [0.15, 0.2) is 18.2 Å². The first kappa shape index (κ1) is 20.2. The first-order valence-corrected chi connectivity index (χ1v) is 9.26. The quantitative estimate of drug-likeness (QED) is 0.506. The smallest absolute Gasteiger partial charge is 0.341 e. The molecule has 1 N–H and O–H groups in total. The number of carbonyl (C=O) groups excluding carboxylic acids is 2. The largest absolute Gasteiger partial charge is 0.493 e. The van der Waals surface area contributed by atoms with Crippen molar-refractivity contribution in [2.45, 2.75) is 52.1 Å². The molecule has 6 heteroatoms. The fourth-order valence-electron chi connectivity index (χ4n) is 2.76. The van der Waals surface area contributed by atoms with Gasteiger partial charge < -0.3 is 19.5 Å². The lowest BCUT2D eigenvalue weighted by Gasteiger charge is -2.26. The molecule has 1 atom stereocenters. The molecule has 2 rings (SSSR count). The summed E-state index contributed by atoms with van der Waals surface area (Å²) in [5, 5.41) is 2.86. The molecule has 0 saturated heterocycles. The highest BCUT2D eigenvalue weighted by molar-refractivity contribution is 6.00. The fourth-order valence-corrected chi connectivity index (χ4v) is 2.76. The second-order valence-electron chi connectivity index (χ2n) is 6.67. The lowest BCUT2D eigenvalue weighted by molar-refractivity contribution is -0.138. The first-order chi connectivity index (χ1) is 12.5. The van der Waals surface area contributed by atoms with E-state index in [2.05, 4.69) is 12.2 Å². The monoisotopic (exact) mass is 363 g/mol. The highest BCUT2D eigenvalue weighted by Crippen LogP contribution is 2.42. The predicted molar refractivity (Wildman–Crippen MR) is 99.6 cm³/mol. The van der Waals surface area contributed by atoms with Crippen molar-refractivity contribution in [1.82, 2.24) is 0 Å². The number of methoxy groups -OCH3 is 1. The number of carbonyl (C=O) groups is 2. The van der Waals surface area contributed by atoms with Crippen LogP contribution in [0.25, 0.3) is 0 Å². The molecule has 144 valence electrons. The number of ether oxygens (including phenoxy) is 3. The Labute approximate surface area is 155 Å². The number of amides is 1. The zero-order chi connectivity index (χ0) is 19.2. The van der Waals surface area contributed by atoms with Crippen molar-refractivity contribution in [2.75, 3.05) is 25.6 Å². The van der Waals surface area contributed by atoms with Crippen molar-refractivity contribution < 1.29 is 23.8 Å². The number of unbranched alkanes of at least 4 members (excludes halogenated alkanes) is 1. The third-order valence-corrected chi connectivity index (χ3v) is 4.72. The lowest BCUT2D eigenvalue weighted by Crippen LogP contribution is -2.44. The van der Waals surface area contributed by atoms with Crippen molar-refractivity contribution in [2.24, 2.45) is 5.92 Å². The Kier molecular flexibility index (Phi) is 7.03. The van der Waals surface area contributed by atoms with Gasteiger partial charge in [0.05, 0.1) is 13.2 Å². The molecule has 1 unspecified atom stereocenters. The molecule has 1 aromatic rings. The van der Waals surface area contributed by atoms with E-state index in [9.17, 15) is 9.59 Å². The molecular weight excluding hydrogens is 334 g/mol. The number of hydrogen-bond acceptors (Lipinski definition) is 5. The van der Waals surface area contributed by atoms with Crippen LogP contribution in [0.5, 0.6) is 5.75 Å². The maximum Gasteiger partial charge on any atom is 0.341 e. The molecule has 0 aromatic heterocycles. The van der Waals surface area contributed by atoms with Gasteiger partial charge in [-0.2, -0.15) is 0 Å². The van der Waals surface area contributed by atoms with Crippen molar-refractivity contribution >= 4 is 17.6 Å². The van der Waals surface area contributed by atoms with Crippen LogP contribution in [-0.2, 0) is 14.3 Å². The summed E-state index contributed by atoms with van der Waals surface area (Å²) in [7, 11) is 1.55. The molecular formula is C20H29NO5. The molecule has 1 fully saturated rings. The number of esters is 1. The van der Waals surface area contributed by atoms with Gasteiger partial charge in [-0.15, -0.1) is 0 Å². The van der Waals surface area contributed by atoms with Gasteiger partial charge in [0.25, 0.3) is 5.91 Å². The number of hydrogen-bond donors (Lipinski definition) is 1. The van der Waals surface area contributed by atoms with E-state index in [4.69, 9.17) is 14.2 Å². The van der Waals surface area contributed by atoms with Gasteiger partial charge in [-0.1, -0.05) is 13.3 Å². The van der Waals surface area contributed by atoms with Crippen LogP contribution in [0.4, 0.5) is 5.69 Å². The van der Waals surface area contributed by atoms with E-state index < -0.39 is 11.6 Å². The van der Waals surface area contributed by atoms with E-state index in [1.807, 2.05) is 0 Å². The first-order valence-electron chi connectivity index (χ1n) is 9.26. The standard InChI is InChI=1S/C20H29NO5/c1-5-7-12-26-17-11-10-15(13-16(17)18(22)25-6-2)21-19(23)20(3,24-4)14-8-9-14/h10-11,13-14H,5-9,12H2,1-4H3,(H,21,23). The molecule has 1 saturated carbocycles. The zero-order valence-corrected chi connectivity index (χ0v) is 16.1. The van der Waals surface area contributed by atoms with Gasteiger partial charge in [-0.3, -0.25) is 4.79 Å². The van der Waals surface area contributed by atoms with Gasteiger partial charge in [-0.05, 0) is 57.2 Å². The summed E-state index contributed by atoms with van der Waals surface area (Å²) in [5.74, 6) is 0.0176. The van der Waals surface area contributed by atoms with Crippen LogP contribution in [0, 0.1) is 5.92 Å². The molecule has 0 radical (unpaired) electrons. The number of benzene rings is 1. The molecule has 1 aliphatic carbocycles. The Morgan fingerprint density at radius 1 is 1.27 bits per heavy atom. The second kappa shape index (κ2) is 9.03. The predicted octanol–water partition coefficient (Wildman–Crippen LogP) is 3.80. The highest BCUT2D eigenvalue weighted by atomic mass is 16.5. The number of anilines is 1. The molecule has 0 bridgehead atoms. The molecule has 1 amide bonds. The van der Waals surface area contributed by atoms with Crippen molar-refractivity contribution in [3.8, 4) is 5.75 Å². The van der Waals surface area contributed by atoms with E-state index in [1.165, 1.54) is 0 Å². The SMILES string of the molecule is CCCCOc1ccc(NC(=O)C(C)(OC)C2CC2)cc1C(=O)OCC. The third-order valence-electron chi connectivity index (χ3n) is 4.72. The van der Waals surface area contributed by atoms with Gasteiger partial charge in [0.15, 0.2) is 0 Å². The van der Waals surface area contributed by atoms with E-state index in [-0.39, 0.29) is 18.4 Å². The Morgan fingerprint density at radius 3 is 2.58 bits per heavy atom. The maximum atomic E-state index is 12.7. The lowest BCUT2D eigenvalue weighted by atomic mass is 9.99. The van der Waals surface area contributed by atoms with Crippen molar-refractivity contribution in [3.05, 3.63) is 23.8 Å². The molecule has 1 aliphatic rings. The van der Waals surface area contributed by atoms with E-state index in [0.29, 0.717) is 23.6 Å². The van der Waals surface area contributed by atoms with Gasteiger partial charge in [0, 0.05) is 12.8 Å². The zero-order valence-electron chi connectivity index (χ0n) is 16.1. The summed E-state index contributed by atoms with van der Waals surface area (Å²) < 4.78 is 16.3. The molecule has 0 aliphatic heterocycles. The summed E-state index contributed by atoms with van der Waals surface area (Å²) in [5.41, 5.74) is -0.0310. The Balaban J connectivity index is 2.19. The second-order valence-corrected chi connectivity index (χ2v) is 6.67. The molecule has 1 aromatic carbocycles. The van der Waals surface area contributed by atoms with Crippen molar-refractivity contribution in [1.29, 1.82) is 0 Å². The Hall–Kier alpha value is -2.08. The minimum atomic E-state index is -0.861. The summed E-state index contributed by atoms with van der Waals surface area (Å²) in [6, 6.07) is 5.02. The fraction of sp³-hybridized carbons (Fsp3) is 0.600. The topological polar surface area (TPSA) is 73.9 Å². The van der Waals surface area contributed by atoms with Gasteiger partial charge >= 0.3 is 5.97 Å². The maximum absolute atomic E-state index is 12.7. The molecule has 0 heterocycles. The summed E-state index contributed by atoms with van der Waals surface area (Å²) in [6.45, 7) is 6.42. The van der Waals surface area contributed by atoms with Gasteiger partial charge in [0.1, 0.15) is 16.9 Å². The van der Waals surface area contributed by atoms with Gasteiger partial charge in [0.2, 0.25) is 0 Å². The minimum absolute atomic E-state index is 0.211. The van der Waals surface area contributed by atoms with E-state index in [1.54, 1.807) is 39.2 Å². The molecule has 26 heavy (non-hydrogen) atoms. The van der Waals surface area contributed by atoms with Crippen LogP contribution < -0.4 is 10.1 Å².